The van der Waals surface area contributed by atoms with E-state index in [0.29, 0.717) is 6.04 Å². The van der Waals surface area contributed by atoms with Gasteiger partial charge < -0.3 is 5.32 Å². The van der Waals surface area contributed by atoms with Gasteiger partial charge in [-0.3, -0.25) is 0 Å². The molecule has 0 aliphatic rings. The highest BCUT2D eigenvalue weighted by atomic mass is 14.9. The van der Waals surface area contributed by atoms with Gasteiger partial charge in [-0.1, -0.05) is 43.1 Å². The van der Waals surface area contributed by atoms with E-state index in [1.54, 1.807) is 0 Å². The number of nitrogens with one attached hydrogen (secondary N) is 1. The molecule has 1 N–H and O–H groups in total. The molecular weight excluding hydrogens is 182 g/mol. The fraction of sp³-hybridized carbons (Fsp3) is 0.714. The van der Waals surface area contributed by atoms with Crippen molar-refractivity contribution >= 4 is 0 Å². The van der Waals surface area contributed by atoms with Gasteiger partial charge in [0, 0.05) is 6.04 Å². The van der Waals surface area contributed by atoms with Crippen LogP contribution in [0.3, 0.4) is 0 Å². The zero-order valence-corrected chi connectivity index (χ0v) is 11.1. The molecule has 1 nitrogen and oxygen atoms in total. The van der Waals surface area contributed by atoms with Crippen molar-refractivity contribution in [2.45, 2.75) is 59.9 Å². The molecule has 0 saturated carbocycles. The summed E-state index contributed by atoms with van der Waals surface area (Å²) in [7, 11) is 0. The van der Waals surface area contributed by atoms with E-state index in [2.05, 4.69) is 52.1 Å². The predicted molar refractivity (Wildman–Crippen MR) is 70.2 cm³/mol. The summed E-state index contributed by atoms with van der Waals surface area (Å²) in [6.07, 6.45) is 8.37. The van der Waals surface area contributed by atoms with Crippen LogP contribution in [0.4, 0.5) is 0 Å². The minimum Gasteiger partial charge on any atom is -0.311 e. The lowest BCUT2D eigenvalue weighted by molar-refractivity contribution is 0.584. The summed E-state index contributed by atoms with van der Waals surface area (Å²) in [5, 5.41) is 3.50. The smallest absolute Gasteiger partial charge is 0.0224 e. The van der Waals surface area contributed by atoms with Gasteiger partial charge >= 0.3 is 0 Å². The first kappa shape index (κ1) is 14.4. The minimum absolute atomic E-state index is 0.483. The summed E-state index contributed by atoms with van der Waals surface area (Å²) in [4.78, 5) is 0. The summed E-state index contributed by atoms with van der Waals surface area (Å²) in [5.74, 6) is 0. The number of hydrogen-bond acceptors (Lipinski definition) is 1. The van der Waals surface area contributed by atoms with Crippen molar-refractivity contribution in [1.29, 1.82) is 0 Å². The maximum Gasteiger partial charge on any atom is 0.0224 e. The Hall–Kier alpha value is -0.560. The van der Waals surface area contributed by atoms with E-state index in [1.807, 2.05) is 0 Å². The second-order valence-corrected chi connectivity index (χ2v) is 4.49. The molecule has 0 radical (unpaired) electrons. The van der Waals surface area contributed by atoms with Gasteiger partial charge in [0.15, 0.2) is 0 Å². The Morgan fingerprint density at radius 3 is 2.40 bits per heavy atom. The zero-order valence-electron chi connectivity index (χ0n) is 11.1. The Bertz CT molecular complexity index is 209. The van der Waals surface area contributed by atoms with Crippen molar-refractivity contribution in [2.24, 2.45) is 0 Å². The lowest BCUT2D eigenvalue weighted by Gasteiger charge is -2.09. The summed E-state index contributed by atoms with van der Waals surface area (Å²) >= 11 is 0. The second-order valence-electron chi connectivity index (χ2n) is 4.49. The molecule has 1 unspecified atom stereocenters. The van der Waals surface area contributed by atoms with Gasteiger partial charge in [-0.05, 0) is 40.7 Å². The lowest BCUT2D eigenvalue weighted by Crippen LogP contribution is -2.24. The lowest BCUT2D eigenvalue weighted by atomic mass is 10.1. The highest BCUT2D eigenvalue weighted by Crippen LogP contribution is 2.03. The van der Waals surface area contributed by atoms with Crippen LogP contribution in [0.25, 0.3) is 0 Å². The van der Waals surface area contributed by atoms with Gasteiger partial charge in [0.25, 0.3) is 0 Å². The fourth-order valence-corrected chi connectivity index (χ4v) is 1.23. The van der Waals surface area contributed by atoms with E-state index in [-0.39, 0.29) is 0 Å². The molecule has 0 aliphatic carbocycles. The summed E-state index contributed by atoms with van der Waals surface area (Å²) in [6, 6.07) is 0.483. The van der Waals surface area contributed by atoms with Gasteiger partial charge in [-0.15, -0.1) is 0 Å². The average molecular weight is 209 g/mol. The second kappa shape index (κ2) is 8.72. The Morgan fingerprint density at radius 1 is 1.20 bits per heavy atom. The normalized spacial score (nSPS) is 13.1. The van der Waals surface area contributed by atoms with E-state index in [1.165, 1.54) is 30.4 Å². The summed E-state index contributed by atoms with van der Waals surface area (Å²) in [6.45, 7) is 12.0. The van der Waals surface area contributed by atoms with Crippen LogP contribution in [0.1, 0.15) is 53.9 Å². The highest BCUT2D eigenvalue weighted by Gasteiger charge is 1.94. The van der Waals surface area contributed by atoms with E-state index < -0.39 is 0 Å². The molecule has 1 atom stereocenters. The van der Waals surface area contributed by atoms with Crippen molar-refractivity contribution in [3.05, 3.63) is 23.3 Å². The molecule has 0 aromatic heterocycles. The first-order valence-electron chi connectivity index (χ1n) is 6.13. The van der Waals surface area contributed by atoms with Gasteiger partial charge in [-0.25, -0.2) is 0 Å². The van der Waals surface area contributed by atoms with Crippen molar-refractivity contribution in [1.82, 2.24) is 5.32 Å². The topological polar surface area (TPSA) is 12.0 Å². The number of allylic oxidation sites excluding steroid dienone is 3. The molecule has 0 aromatic carbocycles. The molecule has 0 heterocycles. The number of hydrogen-bond donors (Lipinski definition) is 1. The van der Waals surface area contributed by atoms with E-state index >= 15 is 0 Å². The van der Waals surface area contributed by atoms with Crippen LogP contribution >= 0.6 is 0 Å². The Kier molecular flexibility index (Phi) is 8.40. The first-order valence-corrected chi connectivity index (χ1v) is 6.13. The molecule has 0 saturated heterocycles. The quantitative estimate of drug-likeness (QED) is 0.492. The SMILES string of the molecule is CCCCCNC(C)/C=C\C(C)=C(C)C. The van der Waals surface area contributed by atoms with Gasteiger partial charge in [0.05, 0.1) is 0 Å². The van der Waals surface area contributed by atoms with Crippen LogP contribution in [-0.2, 0) is 0 Å². The third kappa shape index (κ3) is 8.44. The van der Waals surface area contributed by atoms with Crippen LogP contribution in [-0.4, -0.2) is 12.6 Å². The molecule has 15 heavy (non-hydrogen) atoms. The average Bonchev–Trinajstić information content (AvgIpc) is 2.20. The van der Waals surface area contributed by atoms with E-state index in [4.69, 9.17) is 0 Å². The fourth-order valence-electron chi connectivity index (χ4n) is 1.23. The Morgan fingerprint density at radius 2 is 1.87 bits per heavy atom. The largest absolute Gasteiger partial charge is 0.311 e. The maximum absolute atomic E-state index is 3.50. The van der Waals surface area contributed by atoms with E-state index in [0.717, 1.165) is 6.54 Å². The predicted octanol–water partition coefficient (Wildman–Crippen LogP) is 4.07. The van der Waals surface area contributed by atoms with Crippen LogP contribution in [0.2, 0.25) is 0 Å². The summed E-state index contributed by atoms with van der Waals surface area (Å²) in [5.41, 5.74) is 2.77. The van der Waals surface area contributed by atoms with Crippen molar-refractivity contribution < 1.29 is 0 Å². The molecule has 0 amide bonds. The van der Waals surface area contributed by atoms with Crippen molar-refractivity contribution in [3.8, 4) is 0 Å². The third-order valence-electron chi connectivity index (χ3n) is 2.67. The standard InChI is InChI=1S/C14H27N/c1-6-7-8-11-15-14(5)10-9-13(4)12(2)3/h9-10,14-15H,6-8,11H2,1-5H3/b10-9-. The molecule has 0 bridgehead atoms. The first-order chi connectivity index (χ1) is 7.07. The number of rotatable bonds is 7. The van der Waals surface area contributed by atoms with Crippen molar-refractivity contribution in [2.75, 3.05) is 6.54 Å². The molecule has 88 valence electrons. The molecule has 0 aromatic rings. The third-order valence-corrected chi connectivity index (χ3v) is 2.67. The van der Waals surface area contributed by atoms with E-state index in [9.17, 15) is 0 Å². The highest BCUT2D eigenvalue weighted by molar-refractivity contribution is 5.21. The molecule has 0 fully saturated rings. The summed E-state index contributed by atoms with van der Waals surface area (Å²) < 4.78 is 0. The number of unbranched alkanes of at least 4 members (excludes halogenated alkanes) is 2. The molecule has 0 spiro atoms. The van der Waals surface area contributed by atoms with Crippen LogP contribution in [0, 0.1) is 0 Å². The Labute approximate surface area is 95.7 Å². The zero-order chi connectivity index (χ0) is 11.7. The van der Waals surface area contributed by atoms with Crippen LogP contribution in [0.5, 0.6) is 0 Å². The van der Waals surface area contributed by atoms with Gasteiger partial charge in [-0.2, -0.15) is 0 Å². The van der Waals surface area contributed by atoms with Crippen LogP contribution in [0.15, 0.2) is 23.3 Å². The maximum atomic E-state index is 3.50. The molecule has 0 rings (SSSR count). The Balaban J connectivity index is 3.74. The molecular formula is C14H27N. The monoisotopic (exact) mass is 209 g/mol. The molecule has 0 aliphatic heterocycles. The van der Waals surface area contributed by atoms with Crippen LogP contribution < -0.4 is 5.32 Å². The molecule has 1 heteroatoms. The van der Waals surface area contributed by atoms with Gasteiger partial charge in [0.1, 0.15) is 0 Å². The van der Waals surface area contributed by atoms with Gasteiger partial charge in [0.2, 0.25) is 0 Å². The minimum atomic E-state index is 0.483. The van der Waals surface area contributed by atoms with Crippen molar-refractivity contribution in [3.63, 3.8) is 0 Å².